The van der Waals surface area contributed by atoms with Gasteiger partial charge >= 0.3 is 23.9 Å². The molecule has 31 heavy (non-hydrogen) atoms. The number of carbonyl (C=O) groups is 4. The molecule has 1 aliphatic rings. The lowest BCUT2D eigenvalue weighted by Crippen LogP contribution is -2.59. The largest absolute Gasteiger partial charge is 0.455 e. The second kappa shape index (κ2) is 9.98. The van der Waals surface area contributed by atoms with Crippen LogP contribution in [0.25, 0.3) is 0 Å². The molecule has 0 bridgehead atoms. The van der Waals surface area contributed by atoms with Crippen LogP contribution in [0.15, 0.2) is 24.3 Å². The Hall–Kier alpha value is -3.54. The molecule has 0 spiro atoms. The number of benzene rings is 1. The van der Waals surface area contributed by atoms with Crippen molar-refractivity contribution in [3.05, 3.63) is 39.9 Å². The van der Waals surface area contributed by atoms with Crippen molar-refractivity contribution >= 4 is 29.6 Å². The Morgan fingerprint density at radius 2 is 1.23 bits per heavy atom. The minimum absolute atomic E-state index is 0.200. The standard InChI is InChI=1S/C19H21NO11/c1-9(21)27-16-15(13-5-7-14(8-6-13)20(25)26)31-19(30-12(4)24)18(29-11(3)23)17(16)28-10(2)22/h5-8,15-19H,1-4H3/t15-,16+,17+,18-,19?/m1/s1. The van der Waals surface area contributed by atoms with Crippen LogP contribution in [0, 0.1) is 10.1 Å². The van der Waals surface area contributed by atoms with Gasteiger partial charge in [-0.2, -0.15) is 0 Å². The lowest BCUT2D eigenvalue weighted by Gasteiger charge is -2.44. The third-order valence-electron chi connectivity index (χ3n) is 4.12. The Bertz CT molecular complexity index is 866. The lowest BCUT2D eigenvalue weighted by atomic mass is 9.93. The van der Waals surface area contributed by atoms with Crippen LogP contribution in [0.1, 0.15) is 39.4 Å². The molecule has 5 atom stereocenters. The van der Waals surface area contributed by atoms with Gasteiger partial charge in [0, 0.05) is 39.8 Å². The van der Waals surface area contributed by atoms with Gasteiger partial charge in [-0.15, -0.1) is 0 Å². The molecule has 1 fully saturated rings. The fourth-order valence-electron chi connectivity index (χ4n) is 3.09. The van der Waals surface area contributed by atoms with Crippen LogP contribution in [-0.4, -0.2) is 53.4 Å². The summed E-state index contributed by atoms with van der Waals surface area (Å²) in [6.45, 7) is 4.37. The topological polar surface area (TPSA) is 158 Å². The van der Waals surface area contributed by atoms with E-state index >= 15 is 0 Å². The van der Waals surface area contributed by atoms with Crippen LogP contribution < -0.4 is 0 Å². The highest BCUT2D eigenvalue weighted by Crippen LogP contribution is 2.38. The highest BCUT2D eigenvalue weighted by atomic mass is 16.7. The Balaban J connectivity index is 2.55. The number of hydrogen-bond acceptors (Lipinski definition) is 11. The van der Waals surface area contributed by atoms with Gasteiger partial charge in [0.25, 0.3) is 5.69 Å². The number of nitrogens with zero attached hydrogens (tertiary/aromatic N) is 1. The SMILES string of the molecule is CC(=O)OC1O[C@H](c2ccc([N+](=O)[O-])cc2)[C@H](OC(C)=O)[C@H](OC(C)=O)[C@H]1OC(C)=O. The lowest BCUT2D eigenvalue weighted by molar-refractivity contribution is -0.384. The molecule has 2 rings (SSSR count). The number of rotatable bonds is 6. The second-order valence-electron chi connectivity index (χ2n) is 6.61. The van der Waals surface area contributed by atoms with E-state index in [4.69, 9.17) is 23.7 Å². The molecular weight excluding hydrogens is 418 g/mol. The predicted molar refractivity (Wildman–Crippen MR) is 99.1 cm³/mol. The van der Waals surface area contributed by atoms with Crippen molar-refractivity contribution in [3.8, 4) is 0 Å². The number of hydrogen-bond donors (Lipinski definition) is 0. The van der Waals surface area contributed by atoms with Gasteiger partial charge in [0.1, 0.15) is 6.10 Å². The van der Waals surface area contributed by atoms with Crippen LogP contribution in [0.2, 0.25) is 0 Å². The van der Waals surface area contributed by atoms with Crippen LogP contribution in [0.5, 0.6) is 0 Å². The number of nitro groups is 1. The fraction of sp³-hybridized carbons (Fsp3) is 0.474. The molecule has 0 aromatic heterocycles. The van der Waals surface area contributed by atoms with Gasteiger partial charge in [0.15, 0.2) is 12.2 Å². The summed E-state index contributed by atoms with van der Waals surface area (Å²) in [6, 6.07) is 5.09. The van der Waals surface area contributed by atoms with Crippen molar-refractivity contribution in [1.29, 1.82) is 0 Å². The first-order chi connectivity index (χ1) is 14.5. The maximum Gasteiger partial charge on any atom is 0.305 e. The number of ether oxygens (including phenoxy) is 5. The highest BCUT2D eigenvalue weighted by Gasteiger charge is 2.53. The van der Waals surface area contributed by atoms with E-state index in [-0.39, 0.29) is 5.69 Å². The molecule has 0 saturated carbocycles. The van der Waals surface area contributed by atoms with Gasteiger partial charge in [-0.05, 0) is 17.7 Å². The minimum atomic E-state index is -1.52. The first-order valence-electron chi connectivity index (χ1n) is 9.08. The van der Waals surface area contributed by atoms with Crippen molar-refractivity contribution in [2.24, 2.45) is 0 Å². The van der Waals surface area contributed by atoms with Crippen molar-refractivity contribution < 1.29 is 47.8 Å². The average Bonchev–Trinajstić information content (AvgIpc) is 2.64. The number of esters is 4. The molecule has 1 saturated heterocycles. The first-order valence-corrected chi connectivity index (χ1v) is 9.08. The molecule has 1 unspecified atom stereocenters. The Kier molecular flexibility index (Phi) is 7.64. The molecule has 1 heterocycles. The summed E-state index contributed by atoms with van der Waals surface area (Å²) >= 11 is 0. The third-order valence-corrected chi connectivity index (χ3v) is 4.12. The molecular formula is C19H21NO11. The molecule has 0 amide bonds. The van der Waals surface area contributed by atoms with Crippen molar-refractivity contribution in [2.75, 3.05) is 0 Å². The molecule has 12 heteroatoms. The predicted octanol–water partition coefficient (Wildman–Crippen LogP) is 1.35. The van der Waals surface area contributed by atoms with Gasteiger partial charge in [0.05, 0.1) is 4.92 Å². The molecule has 0 aliphatic carbocycles. The number of nitro benzene ring substituents is 1. The Morgan fingerprint density at radius 1 is 0.774 bits per heavy atom. The molecule has 1 aromatic rings. The summed E-state index contributed by atoms with van der Waals surface area (Å²) < 4.78 is 26.6. The molecule has 0 N–H and O–H groups in total. The first kappa shape index (κ1) is 23.7. The Morgan fingerprint density at radius 3 is 1.68 bits per heavy atom. The van der Waals surface area contributed by atoms with E-state index in [1.165, 1.54) is 24.3 Å². The van der Waals surface area contributed by atoms with Gasteiger partial charge < -0.3 is 23.7 Å². The number of carbonyl (C=O) groups excluding carboxylic acids is 4. The van der Waals surface area contributed by atoms with E-state index in [0.29, 0.717) is 5.56 Å². The molecule has 1 aromatic carbocycles. The monoisotopic (exact) mass is 439 g/mol. The highest BCUT2D eigenvalue weighted by molar-refractivity contribution is 5.69. The third kappa shape index (κ3) is 6.22. The van der Waals surface area contributed by atoms with Crippen LogP contribution in [0.4, 0.5) is 5.69 Å². The zero-order chi connectivity index (χ0) is 23.3. The molecule has 1 aliphatic heterocycles. The second-order valence-corrected chi connectivity index (χ2v) is 6.61. The Labute approximate surface area is 176 Å². The van der Waals surface area contributed by atoms with Gasteiger partial charge in [-0.25, -0.2) is 0 Å². The summed E-state index contributed by atoms with van der Waals surface area (Å²) in [5.74, 6) is -3.12. The maximum absolute atomic E-state index is 11.8. The minimum Gasteiger partial charge on any atom is -0.455 e. The fourth-order valence-corrected chi connectivity index (χ4v) is 3.09. The molecule has 168 valence electrons. The van der Waals surface area contributed by atoms with Crippen LogP contribution in [0.3, 0.4) is 0 Å². The van der Waals surface area contributed by atoms with Crippen molar-refractivity contribution in [2.45, 2.75) is 58.4 Å². The van der Waals surface area contributed by atoms with Crippen LogP contribution >= 0.6 is 0 Å². The van der Waals surface area contributed by atoms with Crippen molar-refractivity contribution in [1.82, 2.24) is 0 Å². The normalized spacial score (nSPS) is 25.1. The quantitative estimate of drug-likeness (QED) is 0.273. The van der Waals surface area contributed by atoms with Gasteiger partial charge in [-0.1, -0.05) is 0 Å². The zero-order valence-corrected chi connectivity index (χ0v) is 17.1. The van der Waals surface area contributed by atoms with E-state index in [1.807, 2.05) is 0 Å². The summed E-state index contributed by atoms with van der Waals surface area (Å²) in [5, 5.41) is 10.9. The maximum atomic E-state index is 11.8. The smallest absolute Gasteiger partial charge is 0.305 e. The molecule has 0 radical (unpaired) electrons. The van der Waals surface area contributed by atoms with E-state index in [1.54, 1.807) is 0 Å². The van der Waals surface area contributed by atoms with E-state index < -0.39 is 59.5 Å². The summed E-state index contributed by atoms with van der Waals surface area (Å²) in [5.41, 5.74) is 0.0990. The number of non-ortho nitro benzene ring substituents is 1. The van der Waals surface area contributed by atoms with Crippen molar-refractivity contribution in [3.63, 3.8) is 0 Å². The van der Waals surface area contributed by atoms with Crippen LogP contribution in [-0.2, 0) is 42.9 Å². The summed E-state index contributed by atoms with van der Waals surface area (Å²) in [7, 11) is 0. The zero-order valence-electron chi connectivity index (χ0n) is 17.1. The summed E-state index contributed by atoms with van der Waals surface area (Å²) in [4.78, 5) is 57.0. The van der Waals surface area contributed by atoms with E-state index in [2.05, 4.69) is 0 Å². The van der Waals surface area contributed by atoms with Gasteiger partial charge in [-0.3, -0.25) is 29.3 Å². The van der Waals surface area contributed by atoms with Gasteiger partial charge in [0.2, 0.25) is 12.4 Å². The van der Waals surface area contributed by atoms with E-state index in [9.17, 15) is 29.3 Å². The van der Waals surface area contributed by atoms with E-state index in [0.717, 1.165) is 27.7 Å². The molecule has 12 nitrogen and oxygen atoms in total. The summed E-state index contributed by atoms with van der Waals surface area (Å²) in [6.07, 6.45) is -6.85. The average molecular weight is 439 g/mol.